The van der Waals surface area contributed by atoms with Crippen LogP contribution in [0.1, 0.15) is 19.3 Å². The van der Waals surface area contributed by atoms with Crippen LogP contribution in [0.4, 0.5) is 18.9 Å². The van der Waals surface area contributed by atoms with Crippen LogP contribution >= 0.6 is 24.8 Å². The van der Waals surface area contributed by atoms with Crippen LogP contribution in [0.2, 0.25) is 0 Å². The van der Waals surface area contributed by atoms with Gasteiger partial charge in [0.25, 0.3) is 5.91 Å². The summed E-state index contributed by atoms with van der Waals surface area (Å²) in [5.41, 5.74) is -0.170. The summed E-state index contributed by atoms with van der Waals surface area (Å²) < 4.78 is 46.7. The molecule has 166 valence electrons. The minimum atomic E-state index is -4.72. The number of anilines is 1. The van der Waals surface area contributed by atoms with E-state index in [0.29, 0.717) is 38.0 Å². The normalized spacial score (nSPS) is 21.0. The SMILES string of the molecule is COC1(C(=O)NC2CCN(c3cccc(OC(F)(F)F)c3)C2)CCNCC1.Cl.Cl. The average Bonchev–Trinajstić information content (AvgIpc) is 3.09. The largest absolute Gasteiger partial charge is 0.573 e. The fourth-order valence-electron chi connectivity index (χ4n) is 3.66. The Kier molecular flexibility index (Phi) is 9.33. The highest BCUT2D eigenvalue weighted by molar-refractivity contribution is 5.86. The van der Waals surface area contributed by atoms with E-state index < -0.39 is 12.0 Å². The van der Waals surface area contributed by atoms with Gasteiger partial charge >= 0.3 is 6.36 Å². The second-order valence-electron chi connectivity index (χ2n) is 6.90. The molecule has 11 heteroatoms. The van der Waals surface area contributed by atoms with Crippen molar-refractivity contribution < 1.29 is 27.4 Å². The number of benzene rings is 1. The Bertz CT molecular complexity index is 673. The number of ether oxygens (including phenoxy) is 2. The molecule has 1 aromatic carbocycles. The van der Waals surface area contributed by atoms with E-state index in [1.54, 1.807) is 13.2 Å². The molecule has 2 heterocycles. The molecule has 6 nitrogen and oxygen atoms in total. The van der Waals surface area contributed by atoms with E-state index in [9.17, 15) is 18.0 Å². The molecular formula is C18H26Cl2F3N3O3. The number of rotatable bonds is 5. The quantitative estimate of drug-likeness (QED) is 0.708. The number of carbonyl (C=O) groups is 1. The third-order valence-corrected chi connectivity index (χ3v) is 5.16. The number of alkyl halides is 3. The van der Waals surface area contributed by atoms with Gasteiger partial charge in [0, 0.05) is 38.0 Å². The lowest BCUT2D eigenvalue weighted by Crippen LogP contribution is -2.56. The summed E-state index contributed by atoms with van der Waals surface area (Å²) in [6, 6.07) is 5.81. The fraction of sp³-hybridized carbons (Fsp3) is 0.611. The fourth-order valence-corrected chi connectivity index (χ4v) is 3.66. The Morgan fingerprint density at radius 3 is 2.59 bits per heavy atom. The van der Waals surface area contributed by atoms with Crippen molar-refractivity contribution in [2.75, 3.05) is 38.2 Å². The van der Waals surface area contributed by atoms with Gasteiger partial charge in [-0.2, -0.15) is 0 Å². The zero-order valence-corrected chi connectivity index (χ0v) is 17.6. The predicted molar refractivity (Wildman–Crippen MR) is 108 cm³/mol. The zero-order valence-electron chi connectivity index (χ0n) is 16.0. The monoisotopic (exact) mass is 459 g/mol. The second-order valence-corrected chi connectivity index (χ2v) is 6.90. The Balaban J connectivity index is 0.00000210. The van der Waals surface area contributed by atoms with E-state index in [4.69, 9.17) is 4.74 Å². The third-order valence-electron chi connectivity index (χ3n) is 5.16. The van der Waals surface area contributed by atoms with E-state index in [1.165, 1.54) is 18.2 Å². The molecule has 2 fully saturated rings. The van der Waals surface area contributed by atoms with Gasteiger partial charge in [-0.05, 0) is 44.5 Å². The van der Waals surface area contributed by atoms with Gasteiger partial charge in [0.1, 0.15) is 11.4 Å². The summed E-state index contributed by atoms with van der Waals surface area (Å²) in [5, 5.41) is 6.26. The lowest BCUT2D eigenvalue weighted by molar-refractivity contribution is -0.274. The topological polar surface area (TPSA) is 62.8 Å². The van der Waals surface area contributed by atoms with Crippen molar-refractivity contribution in [1.29, 1.82) is 0 Å². The van der Waals surface area contributed by atoms with Crippen LogP contribution in [0.25, 0.3) is 0 Å². The molecule has 0 spiro atoms. The number of hydrogen-bond acceptors (Lipinski definition) is 5. The number of nitrogens with one attached hydrogen (secondary N) is 2. The zero-order chi connectivity index (χ0) is 19.5. The van der Waals surface area contributed by atoms with Gasteiger partial charge in [0.15, 0.2) is 0 Å². The first-order chi connectivity index (χ1) is 12.8. The summed E-state index contributed by atoms with van der Waals surface area (Å²) in [4.78, 5) is 14.7. The molecule has 0 aromatic heterocycles. The number of piperidine rings is 1. The van der Waals surface area contributed by atoms with Gasteiger partial charge in [0.2, 0.25) is 0 Å². The molecule has 1 aromatic rings. The van der Waals surface area contributed by atoms with Gasteiger partial charge < -0.3 is 25.0 Å². The van der Waals surface area contributed by atoms with Crippen LogP contribution < -0.4 is 20.3 Å². The molecule has 3 rings (SSSR count). The van der Waals surface area contributed by atoms with Crippen molar-refractivity contribution in [2.45, 2.75) is 37.3 Å². The van der Waals surface area contributed by atoms with Gasteiger partial charge in [-0.25, -0.2) is 0 Å². The molecule has 0 aliphatic carbocycles. The second kappa shape index (κ2) is 10.6. The Hall–Kier alpha value is -1.42. The molecule has 1 unspecified atom stereocenters. The van der Waals surface area contributed by atoms with Crippen LogP contribution in [-0.4, -0.2) is 57.2 Å². The number of carbonyl (C=O) groups excluding carboxylic acids is 1. The summed E-state index contributed by atoms with van der Waals surface area (Å²) >= 11 is 0. The highest BCUT2D eigenvalue weighted by atomic mass is 35.5. The van der Waals surface area contributed by atoms with E-state index in [0.717, 1.165) is 13.1 Å². The van der Waals surface area contributed by atoms with Crippen molar-refractivity contribution >= 4 is 36.4 Å². The maximum Gasteiger partial charge on any atom is 0.573 e. The highest BCUT2D eigenvalue weighted by Crippen LogP contribution is 2.29. The lowest BCUT2D eigenvalue weighted by Gasteiger charge is -2.35. The minimum absolute atomic E-state index is 0. The third kappa shape index (κ3) is 6.53. The summed E-state index contributed by atoms with van der Waals surface area (Å²) in [5.74, 6) is -0.368. The number of hydrogen-bond donors (Lipinski definition) is 2. The number of methoxy groups -OCH3 is 1. The van der Waals surface area contributed by atoms with Gasteiger partial charge in [0.05, 0.1) is 0 Å². The molecule has 2 aliphatic rings. The number of nitrogens with zero attached hydrogens (tertiary/aromatic N) is 1. The van der Waals surface area contributed by atoms with Gasteiger partial charge in [-0.3, -0.25) is 4.79 Å². The van der Waals surface area contributed by atoms with Crippen molar-refractivity contribution in [3.05, 3.63) is 24.3 Å². The van der Waals surface area contributed by atoms with Crippen LogP contribution in [0.3, 0.4) is 0 Å². The molecule has 2 N–H and O–H groups in total. The summed E-state index contributed by atoms with van der Waals surface area (Å²) in [7, 11) is 1.55. The number of amides is 1. The molecule has 1 amide bonds. The smallest absolute Gasteiger partial charge is 0.406 e. The lowest BCUT2D eigenvalue weighted by atomic mass is 9.90. The molecule has 0 saturated carbocycles. The van der Waals surface area contributed by atoms with Crippen molar-refractivity contribution in [3.8, 4) is 5.75 Å². The molecule has 1 atom stereocenters. The van der Waals surface area contributed by atoms with Crippen molar-refractivity contribution in [2.24, 2.45) is 0 Å². The Morgan fingerprint density at radius 1 is 1.28 bits per heavy atom. The minimum Gasteiger partial charge on any atom is -0.406 e. The van der Waals surface area contributed by atoms with Gasteiger partial charge in [-0.1, -0.05) is 6.07 Å². The molecule has 2 saturated heterocycles. The highest BCUT2D eigenvalue weighted by Gasteiger charge is 2.41. The maximum atomic E-state index is 12.7. The Labute approximate surface area is 180 Å². The van der Waals surface area contributed by atoms with Crippen LogP contribution in [0.15, 0.2) is 24.3 Å². The van der Waals surface area contributed by atoms with E-state index >= 15 is 0 Å². The number of halogens is 5. The molecule has 29 heavy (non-hydrogen) atoms. The first-order valence-corrected chi connectivity index (χ1v) is 8.99. The van der Waals surface area contributed by atoms with Crippen LogP contribution in [-0.2, 0) is 9.53 Å². The molecular weight excluding hydrogens is 434 g/mol. The van der Waals surface area contributed by atoms with Crippen LogP contribution in [0, 0.1) is 0 Å². The first-order valence-electron chi connectivity index (χ1n) is 8.99. The van der Waals surface area contributed by atoms with Crippen molar-refractivity contribution in [3.63, 3.8) is 0 Å². The van der Waals surface area contributed by atoms with Gasteiger partial charge in [-0.15, -0.1) is 38.0 Å². The average molecular weight is 460 g/mol. The van der Waals surface area contributed by atoms with E-state index in [1.807, 2.05) is 4.90 Å². The standard InChI is InChI=1S/C18H24F3N3O3.2ClH/c1-26-17(6-8-22-9-7-17)16(25)23-13-5-10-24(12-13)14-3-2-4-15(11-14)27-18(19,20)21;;/h2-4,11,13,22H,5-10,12H2,1H3,(H,23,25);2*1H. The molecule has 0 radical (unpaired) electrons. The van der Waals surface area contributed by atoms with Crippen molar-refractivity contribution in [1.82, 2.24) is 10.6 Å². The predicted octanol–water partition coefficient (Wildman–Crippen LogP) is 2.89. The van der Waals surface area contributed by atoms with E-state index in [2.05, 4.69) is 15.4 Å². The molecule has 2 aliphatic heterocycles. The molecule has 0 bridgehead atoms. The summed E-state index contributed by atoms with van der Waals surface area (Å²) in [6.07, 6.45) is -2.78. The van der Waals surface area contributed by atoms with E-state index in [-0.39, 0.29) is 42.5 Å². The van der Waals surface area contributed by atoms with Crippen LogP contribution in [0.5, 0.6) is 5.75 Å². The first kappa shape index (κ1) is 25.6. The Morgan fingerprint density at radius 2 is 1.97 bits per heavy atom. The maximum absolute atomic E-state index is 12.7. The summed E-state index contributed by atoms with van der Waals surface area (Å²) in [6.45, 7) is 2.62.